The molecule has 24 heavy (non-hydrogen) atoms. The van der Waals surface area contributed by atoms with Gasteiger partial charge in [0.1, 0.15) is 0 Å². The molecule has 6 nitrogen and oxygen atoms in total. The number of amides is 1. The van der Waals surface area contributed by atoms with Crippen molar-refractivity contribution in [3.8, 4) is 0 Å². The number of nitrogens with two attached hydrogens (primary N) is 1. The maximum absolute atomic E-state index is 11.6. The van der Waals surface area contributed by atoms with Crippen molar-refractivity contribution in [2.45, 2.75) is 25.0 Å². The second-order valence-corrected chi connectivity index (χ2v) is 7.12. The molecule has 5 N–H and O–H groups in total. The minimum Gasteiger partial charge on any atom is -0.365 e. The number of hydrogen-bond donors (Lipinski definition) is 4. The van der Waals surface area contributed by atoms with E-state index in [9.17, 15) is 4.79 Å². The van der Waals surface area contributed by atoms with Gasteiger partial charge in [-0.2, -0.15) is 0 Å². The molecule has 7 heteroatoms. The predicted molar refractivity (Wildman–Crippen MR) is 99.5 cm³/mol. The topological polar surface area (TPSA) is 82.4 Å². The average Bonchev–Trinajstić information content (AvgIpc) is 3.13. The number of hydrogen-bond acceptors (Lipinski definition) is 6. The van der Waals surface area contributed by atoms with E-state index in [0.29, 0.717) is 10.8 Å². The first-order chi connectivity index (χ1) is 11.5. The van der Waals surface area contributed by atoms with Crippen LogP contribution in [-0.2, 0) is 10.5 Å². The molecule has 0 saturated heterocycles. The molecule has 1 aromatic carbocycles. The van der Waals surface area contributed by atoms with Crippen LogP contribution in [0.3, 0.4) is 0 Å². The van der Waals surface area contributed by atoms with Gasteiger partial charge in [0, 0.05) is 23.8 Å². The lowest BCUT2D eigenvalue weighted by molar-refractivity contribution is -0.113. The summed E-state index contributed by atoms with van der Waals surface area (Å²) in [6, 6.07) is 6.60. The van der Waals surface area contributed by atoms with Gasteiger partial charge in [-0.25, -0.2) is 0 Å². The summed E-state index contributed by atoms with van der Waals surface area (Å²) in [4.78, 5) is 14.5. The fourth-order valence-electron chi connectivity index (χ4n) is 3.84. The summed E-state index contributed by atoms with van der Waals surface area (Å²) < 4.78 is 0. The van der Waals surface area contributed by atoms with Gasteiger partial charge in [0.2, 0.25) is 0 Å². The van der Waals surface area contributed by atoms with E-state index in [1.54, 1.807) is 0 Å². The van der Waals surface area contributed by atoms with E-state index in [4.69, 9.17) is 5.73 Å². The Morgan fingerprint density at radius 2 is 2.04 bits per heavy atom. The van der Waals surface area contributed by atoms with E-state index in [1.807, 2.05) is 28.1 Å². The monoisotopic (exact) mass is 347 g/mol. The van der Waals surface area contributed by atoms with Crippen molar-refractivity contribution >= 4 is 23.4 Å². The van der Waals surface area contributed by atoms with Crippen LogP contribution in [-0.4, -0.2) is 32.9 Å². The molecular weight excluding hydrogens is 322 g/mol. The number of allylic oxidation sites excluding steroid dienone is 1. The maximum atomic E-state index is 11.6. The number of nitrogens with one attached hydrogen (secondary N) is 3. The lowest BCUT2D eigenvalue weighted by atomic mass is 10.0. The molecule has 0 spiro atoms. The van der Waals surface area contributed by atoms with Gasteiger partial charge in [0.05, 0.1) is 16.4 Å². The summed E-state index contributed by atoms with van der Waals surface area (Å²) in [7, 11) is 5.95. The summed E-state index contributed by atoms with van der Waals surface area (Å²) in [6.07, 6.45) is 0.912. The molecule has 0 unspecified atom stereocenters. The third-order valence-corrected chi connectivity index (χ3v) is 6.36. The van der Waals surface area contributed by atoms with Crippen LogP contribution in [0.5, 0.6) is 0 Å². The summed E-state index contributed by atoms with van der Waals surface area (Å²) in [5.74, 6) is 0.362. The van der Waals surface area contributed by atoms with E-state index >= 15 is 0 Å². The molecule has 3 rings (SSSR count). The van der Waals surface area contributed by atoms with Crippen molar-refractivity contribution in [3.05, 3.63) is 39.9 Å². The van der Waals surface area contributed by atoms with Crippen molar-refractivity contribution in [2.24, 2.45) is 5.73 Å². The van der Waals surface area contributed by atoms with E-state index < -0.39 is 0 Å². The smallest absolute Gasteiger partial charge is 0.256 e. The molecule has 0 bridgehead atoms. The molecule has 130 valence electrons. The van der Waals surface area contributed by atoms with Crippen LogP contribution < -0.4 is 26.6 Å². The Morgan fingerprint density at radius 3 is 2.58 bits per heavy atom. The molecule has 1 heterocycles. The second kappa shape index (κ2) is 6.40. The number of thioether (sulfide) groups is 1. The molecular formula is C17H25N5OS. The van der Waals surface area contributed by atoms with E-state index in [2.05, 4.69) is 39.0 Å². The highest BCUT2D eigenvalue weighted by molar-refractivity contribution is 8.04. The first kappa shape index (κ1) is 17.3. The van der Waals surface area contributed by atoms with E-state index in [-0.39, 0.29) is 17.6 Å². The van der Waals surface area contributed by atoms with Crippen molar-refractivity contribution in [1.82, 2.24) is 16.0 Å². The van der Waals surface area contributed by atoms with Crippen LogP contribution in [0.2, 0.25) is 0 Å². The van der Waals surface area contributed by atoms with Crippen LogP contribution >= 0.6 is 11.8 Å². The molecule has 1 atom stereocenters. The first-order valence-electron chi connectivity index (χ1n) is 8.08. The van der Waals surface area contributed by atoms with E-state index in [0.717, 1.165) is 17.8 Å². The van der Waals surface area contributed by atoms with Crippen LogP contribution in [0.15, 0.2) is 28.8 Å². The summed E-state index contributed by atoms with van der Waals surface area (Å²) in [5.41, 5.74) is 9.84. The Morgan fingerprint density at radius 1 is 1.33 bits per heavy atom. The quantitative estimate of drug-likeness (QED) is 0.599. The molecule has 0 radical (unpaired) electrons. The number of nitrogens with zero attached hydrogens (tertiary/aromatic N) is 1. The van der Waals surface area contributed by atoms with Crippen molar-refractivity contribution < 1.29 is 4.79 Å². The van der Waals surface area contributed by atoms with Gasteiger partial charge in [-0.05, 0) is 45.3 Å². The molecule has 0 saturated carbocycles. The summed E-state index contributed by atoms with van der Waals surface area (Å²) in [5, 5.41) is 10.3. The van der Waals surface area contributed by atoms with Gasteiger partial charge in [-0.3, -0.25) is 15.4 Å². The number of carbonyl (C=O) groups excluding carboxylic acids is 1. The Balaban J connectivity index is 2.13. The Bertz CT molecular complexity index is 698. The third kappa shape index (κ3) is 2.43. The number of anilines is 1. The van der Waals surface area contributed by atoms with Crippen LogP contribution in [0, 0.1) is 0 Å². The highest BCUT2D eigenvalue weighted by Crippen LogP contribution is 2.48. The maximum Gasteiger partial charge on any atom is 0.256 e. The molecule has 1 aliphatic carbocycles. The number of carbonyl (C=O) groups is 1. The van der Waals surface area contributed by atoms with Gasteiger partial charge in [0.15, 0.2) is 0 Å². The normalized spacial score (nSPS) is 22.2. The van der Waals surface area contributed by atoms with Gasteiger partial charge < -0.3 is 16.0 Å². The zero-order valence-electron chi connectivity index (χ0n) is 14.6. The minimum absolute atomic E-state index is 0.228. The summed E-state index contributed by atoms with van der Waals surface area (Å²) >= 11 is 1.51. The second-order valence-electron chi connectivity index (χ2n) is 6.17. The van der Waals surface area contributed by atoms with Crippen molar-refractivity contribution in [1.29, 1.82) is 0 Å². The number of benzene rings is 1. The lowest BCUT2D eigenvalue weighted by Gasteiger charge is -2.30. The molecule has 0 aromatic heterocycles. The van der Waals surface area contributed by atoms with Gasteiger partial charge in [-0.15, -0.1) is 0 Å². The van der Waals surface area contributed by atoms with Crippen molar-refractivity contribution in [3.63, 3.8) is 0 Å². The SMILES string of the molecule is CN[C@@H]1CC(NC)(NC)c2cccc(N3CSC(C(N)=O)=C3C)c21. The minimum atomic E-state index is -0.350. The largest absolute Gasteiger partial charge is 0.365 e. The van der Waals surface area contributed by atoms with Crippen LogP contribution in [0.25, 0.3) is 0 Å². The predicted octanol–water partition coefficient (Wildman–Crippen LogP) is 1.17. The Hall–Kier alpha value is -1.54. The van der Waals surface area contributed by atoms with Crippen LogP contribution in [0.4, 0.5) is 5.69 Å². The van der Waals surface area contributed by atoms with Crippen LogP contribution in [0.1, 0.15) is 30.5 Å². The average molecular weight is 347 g/mol. The van der Waals surface area contributed by atoms with Gasteiger partial charge in [-0.1, -0.05) is 23.9 Å². The highest BCUT2D eigenvalue weighted by Gasteiger charge is 2.43. The van der Waals surface area contributed by atoms with Gasteiger partial charge >= 0.3 is 0 Å². The van der Waals surface area contributed by atoms with Gasteiger partial charge in [0.25, 0.3) is 5.91 Å². The van der Waals surface area contributed by atoms with Crippen molar-refractivity contribution in [2.75, 3.05) is 31.9 Å². The fourth-order valence-corrected chi connectivity index (χ4v) is 4.89. The molecule has 1 aromatic rings. The zero-order valence-corrected chi connectivity index (χ0v) is 15.4. The molecule has 0 fully saturated rings. The summed E-state index contributed by atoms with van der Waals surface area (Å²) in [6.45, 7) is 1.96. The molecule has 1 aliphatic heterocycles. The standard InChI is InChI=1S/C17H25N5OS/c1-10-15(16(18)23)24-9-22(10)13-7-5-6-11-14(13)12(19-2)8-17(11,20-3)21-4/h5-7,12,19-21H,8-9H2,1-4H3,(H2,18,23)/t12-/m1/s1. The fraction of sp³-hybridized carbons (Fsp3) is 0.471. The zero-order chi connectivity index (χ0) is 17.5. The Kier molecular flexibility index (Phi) is 4.61. The number of rotatable bonds is 5. The number of fused-ring (bicyclic) bond motifs is 1. The third-order valence-electron chi connectivity index (χ3n) is 5.19. The molecule has 2 aliphatic rings. The highest BCUT2D eigenvalue weighted by atomic mass is 32.2. The Labute approximate surface area is 147 Å². The van der Waals surface area contributed by atoms with E-state index in [1.165, 1.54) is 22.9 Å². The molecule has 1 amide bonds. The number of primary amides is 1. The lowest BCUT2D eigenvalue weighted by Crippen LogP contribution is -2.49. The first-order valence-corrected chi connectivity index (χ1v) is 9.07.